The van der Waals surface area contributed by atoms with Gasteiger partial charge in [-0.15, -0.1) is 11.3 Å². The molecular weight excluding hydrogens is 216 g/mol. The first-order chi connectivity index (χ1) is 7.39. The molecule has 1 saturated carbocycles. The number of nitrogens with two attached hydrogens (primary N) is 1. The first-order valence-corrected chi connectivity index (χ1v) is 7.01. The zero-order chi connectivity index (χ0) is 11.8. The van der Waals surface area contributed by atoms with E-state index in [-0.39, 0.29) is 11.0 Å². The number of hydrogen-bond acceptors (Lipinski definition) is 3. The lowest BCUT2D eigenvalue weighted by atomic mass is 9.93. The van der Waals surface area contributed by atoms with E-state index >= 15 is 0 Å². The summed E-state index contributed by atoms with van der Waals surface area (Å²) in [5, 5.41) is 3.41. The highest BCUT2D eigenvalue weighted by molar-refractivity contribution is 7.09. The van der Waals surface area contributed by atoms with Crippen molar-refractivity contribution in [3.63, 3.8) is 0 Å². The first kappa shape index (κ1) is 12.1. The van der Waals surface area contributed by atoms with Gasteiger partial charge in [0.2, 0.25) is 0 Å². The largest absolute Gasteiger partial charge is 0.325 e. The summed E-state index contributed by atoms with van der Waals surface area (Å²) in [4.78, 5) is 4.73. The van der Waals surface area contributed by atoms with Crippen molar-refractivity contribution in [1.29, 1.82) is 0 Å². The van der Waals surface area contributed by atoms with Crippen LogP contribution in [0.1, 0.15) is 57.2 Å². The van der Waals surface area contributed by atoms with Gasteiger partial charge in [-0.1, -0.05) is 33.6 Å². The van der Waals surface area contributed by atoms with Crippen molar-refractivity contribution < 1.29 is 0 Å². The lowest BCUT2D eigenvalue weighted by Crippen LogP contribution is -2.38. The molecule has 0 aliphatic heterocycles. The van der Waals surface area contributed by atoms with Crippen LogP contribution < -0.4 is 5.73 Å². The van der Waals surface area contributed by atoms with Gasteiger partial charge in [-0.25, -0.2) is 4.98 Å². The lowest BCUT2D eigenvalue weighted by Gasteiger charge is -2.22. The van der Waals surface area contributed by atoms with Gasteiger partial charge in [0, 0.05) is 22.8 Å². The highest BCUT2D eigenvalue weighted by Gasteiger charge is 2.31. The number of thiazole rings is 1. The molecule has 0 spiro atoms. The van der Waals surface area contributed by atoms with Gasteiger partial charge in [-0.2, -0.15) is 0 Å². The molecule has 1 aliphatic rings. The van der Waals surface area contributed by atoms with Crippen LogP contribution in [0.3, 0.4) is 0 Å². The van der Waals surface area contributed by atoms with Crippen LogP contribution in [-0.4, -0.2) is 10.5 Å². The minimum absolute atomic E-state index is 0.0347. The Morgan fingerprint density at radius 3 is 2.50 bits per heavy atom. The van der Waals surface area contributed by atoms with E-state index in [1.54, 1.807) is 11.3 Å². The zero-order valence-corrected chi connectivity index (χ0v) is 11.4. The second kappa shape index (κ2) is 4.11. The van der Waals surface area contributed by atoms with Crippen molar-refractivity contribution in [2.75, 3.05) is 0 Å². The normalized spacial score (nSPS) is 20.2. The Hall–Kier alpha value is -0.410. The van der Waals surface area contributed by atoms with Crippen LogP contribution >= 0.6 is 11.3 Å². The van der Waals surface area contributed by atoms with Gasteiger partial charge in [0.1, 0.15) is 0 Å². The SMILES string of the molecule is CC(C)(C)c1csc(CC2(N)CCCC2)n1. The van der Waals surface area contributed by atoms with E-state index in [2.05, 4.69) is 26.2 Å². The molecule has 0 saturated heterocycles. The van der Waals surface area contributed by atoms with Crippen LogP contribution in [0, 0.1) is 0 Å². The maximum Gasteiger partial charge on any atom is 0.0946 e. The fraction of sp³-hybridized carbons (Fsp3) is 0.769. The van der Waals surface area contributed by atoms with E-state index in [9.17, 15) is 0 Å². The Balaban J connectivity index is 2.08. The monoisotopic (exact) mass is 238 g/mol. The Morgan fingerprint density at radius 1 is 1.38 bits per heavy atom. The van der Waals surface area contributed by atoms with Crippen LogP contribution in [0.5, 0.6) is 0 Å². The van der Waals surface area contributed by atoms with Crippen molar-refractivity contribution in [1.82, 2.24) is 4.98 Å². The molecule has 2 nitrogen and oxygen atoms in total. The molecule has 1 aromatic rings. The second-order valence-corrected chi connectivity index (χ2v) is 7.07. The molecule has 0 radical (unpaired) electrons. The van der Waals surface area contributed by atoms with Crippen molar-refractivity contribution >= 4 is 11.3 Å². The van der Waals surface area contributed by atoms with Gasteiger partial charge in [-0.3, -0.25) is 0 Å². The van der Waals surface area contributed by atoms with E-state index < -0.39 is 0 Å². The maximum atomic E-state index is 6.38. The van der Waals surface area contributed by atoms with Gasteiger partial charge in [0.25, 0.3) is 0 Å². The highest BCUT2D eigenvalue weighted by atomic mass is 32.1. The average Bonchev–Trinajstić information content (AvgIpc) is 2.74. The zero-order valence-electron chi connectivity index (χ0n) is 10.5. The Labute approximate surface area is 102 Å². The van der Waals surface area contributed by atoms with Crippen LogP contribution in [0.2, 0.25) is 0 Å². The number of hydrogen-bond donors (Lipinski definition) is 1. The molecule has 0 amide bonds. The van der Waals surface area contributed by atoms with Gasteiger partial charge in [0.05, 0.1) is 10.7 Å². The van der Waals surface area contributed by atoms with E-state index in [0.717, 1.165) is 19.3 Å². The summed E-state index contributed by atoms with van der Waals surface area (Å²) in [6.45, 7) is 6.62. The third-order valence-electron chi connectivity index (χ3n) is 3.42. The highest BCUT2D eigenvalue weighted by Crippen LogP contribution is 2.32. The fourth-order valence-corrected chi connectivity index (χ4v) is 3.47. The van der Waals surface area contributed by atoms with Crippen LogP contribution in [-0.2, 0) is 11.8 Å². The predicted molar refractivity (Wildman–Crippen MR) is 69.9 cm³/mol. The molecule has 1 heterocycles. The molecule has 0 bridgehead atoms. The van der Waals surface area contributed by atoms with Crippen LogP contribution in [0.4, 0.5) is 0 Å². The quantitative estimate of drug-likeness (QED) is 0.859. The number of nitrogens with zero attached hydrogens (tertiary/aromatic N) is 1. The van der Waals surface area contributed by atoms with E-state index in [4.69, 9.17) is 10.7 Å². The van der Waals surface area contributed by atoms with E-state index in [0.29, 0.717) is 0 Å². The number of rotatable bonds is 2. The van der Waals surface area contributed by atoms with Crippen LogP contribution in [0.25, 0.3) is 0 Å². The molecule has 16 heavy (non-hydrogen) atoms. The van der Waals surface area contributed by atoms with Crippen molar-refractivity contribution in [2.45, 2.75) is 63.8 Å². The topological polar surface area (TPSA) is 38.9 Å². The molecule has 0 unspecified atom stereocenters. The summed E-state index contributed by atoms with van der Waals surface area (Å²) in [5.41, 5.74) is 7.77. The molecule has 90 valence electrons. The molecular formula is C13H22N2S. The Kier molecular flexibility index (Phi) is 3.10. The van der Waals surface area contributed by atoms with Gasteiger partial charge >= 0.3 is 0 Å². The standard InChI is InChI=1S/C13H22N2S/c1-12(2,3)10-9-16-11(15-10)8-13(14)6-4-5-7-13/h9H,4-8,14H2,1-3H3. The average molecular weight is 238 g/mol. The first-order valence-electron chi connectivity index (χ1n) is 6.13. The predicted octanol–water partition coefficient (Wildman–Crippen LogP) is 3.25. The fourth-order valence-electron chi connectivity index (χ4n) is 2.29. The van der Waals surface area contributed by atoms with Crippen LogP contribution in [0.15, 0.2) is 5.38 Å². The smallest absolute Gasteiger partial charge is 0.0946 e. The lowest BCUT2D eigenvalue weighted by molar-refractivity contribution is 0.434. The summed E-state index contributed by atoms with van der Waals surface area (Å²) >= 11 is 1.77. The summed E-state index contributed by atoms with van der Waals surface area (Å²) in [5.74, 6) is 0. The van der Waals surface area contributed by atoms with Gasteiger partial charge in [-0.05, 0) is 12.8 Å². The van der Waals surface area contributed by atoms with Crippen molar-refractivity contribution in [3.05, 3.63) is 16.1 Å². The Morgan fingerprint density at radius 2 is 2.00 bits per heavy atom. The third kappa shape index (κ3) is 2.64. The minimum atomic E-state index is 0.0347. The molecule has 1 aromatic heterocycles. The maximum absolute atomic E-state index is 6.38. The summed E-state index contributed by atoms with van der Waals surface area (Å²) in [6.07, 6.45) is 5.87. The third-order valence-corrected chi connectivity index (χ3v) is 4.27. The molecule has 0 atom stereocenters. The Bertz CT molecular complexity index is 356. The van der Waals surface area contributed by atoms with E-state index in [1.165, 1.54) is 23.5 Å². The summed E-state index contributed by atoms with van der Waals surface area (Å²) < 4.78 is 0. The van der Waals surface area contributed by atoms with Crippen molar-refractivity contribution in [2.24, 2.45) is 5.73 Å². The molecule has 3 heteroatoms. The van der Waals surface area contributed by atoms with E-state index in [1.807, 2.05) is 0 Å². The van der Waals surface area contributed by atoms with Gasteiger partial charge in [0.15, 0.2) is 0 Å². The molecule has 1 aliphatic carbocycles. The van der Waals surface area contributed by atoms with Gasteiger partial charge < -0.3 is 5.73 Å². The molecule has 2 rings (SSSR count). The summed E-state index contributed by atoms with van der Waals surface area (Å²) in [7, 11) is 0. The van der Waals surface area contributed by atoms with Crippen molar-refractivity contribution in [3.8, 4) is 0 Å². The summed E-state index contributed by atoms with van der Waals surface area (Å²) in [6, 6.07) is 0. The second-order valence-electron chi connectivity index (χ2n) is 6.12. The molecule has 0 aromatic carbocycles. The minimum Gasteiger partial charge on any atom is -0.325 e. The molecule has 1 fully saturated rings. The molecule has 2 N–H and O–H groups in total. The number of aromatic nitrogens is 1.